The predicted molar refractivity (Wildman–Crippen MR) is 86.1 cm³/mol. The number of hydrogen-bond acceptors (Lipinski definition) is 4. The van der Waals surface area contributed by atoms with Crippen molar-refractivity contribution < 1.29 is 31.5 Å². The molecular formula is C17H11F5N4O2. The highest BCUT2D eigenvalue weighted by Crippen LogP contribution is 2.34. The number of carbonyl (C=O) groups excluding carboxylic acids is 1. The van der Waals surface area contributed by atoms with E-state index in [1.165, 1.54) is 12.1 Å². The molecule has 0 spiro atoms. The Hall–Kier alpha value is -3.24. The van der Waals surface area contributed by atoms with Crippen LogP contribution in [-0.4, -0.2) is 20.5 Å². The maximum atomic E-state index is 13.4. The van der Waals surface area contributed by atoms with E-state index in [1.807, 2.05) is 0 Å². The molecule has 1 aliphatic rings. The van der Waals surface area contributed by atoms with Gasteiger partial charge in [-0.15, -0.1) is 5.10 Å². The first-order valence-electron chi connectivity index (χ1n) is 8.02. The van der Waals surface area contributed by atoms with Gasteiger partial charge >= 0.3 is 6.18 Å². The van der Waals surface area contributed by atoms with Crippen LogP contribution in [0.15, 0.2) is 30.3 Å². The molecule has 0 bridgehead atoms. The summed E-state index contributed by atoms with van der Waals surface area (Å²) in [5.41, 5.74) is -0.417. The molecule has 4 rings (SSSR count). The third kappa shape index (κ3) is 3.23. The third-order valence-corrected chi connectivity index (χ3v) is 4.19. The van der Waals surface area contributed by atoms with E-state index in [0.29, 0.717) is 15.8 Å². The fraction of sp³-hybridized carbons (Fsp3) is 0.235. The molecule has 0 fully saturated rings. The summed E-state index contributed by atoms with van der Waals surface area (Å²) in [4.78, 5) is 14.9. The lowest BCUT2D eigenvalue weighted by atomic mass is 10.1. The molecule has 3 aromatic rings. The summed E-state index contributed by atoms with van der Waals surface area (Å²) < 4.78 is 72.0. The lowest BCUT2D eigenvalue weighted by Crippen LogP contribution is -2.15. The molecular weight excluding hydrogens is 387 g/mol. The average molecular weight is 398 g/mol. The summed E-state index contributed by atoms with van der Waals surface area (Å²) in [6.45, 7) is -0.585. The highest BCUT2D eigenvalue weighted by Gasteiger charge is 2.35. The van der Waals surface area contributed by atoms with Crippen LogP contribution in [0.3, 0.4) is 0 Å². The van der Waals surface area contributed by atoms with Crippen molar-refractivity contribution in [3.8, 4) is 5.75 Å². The van der Waals surface area contributed by atoms with E-state index >= 15 is 0 Å². The quantitative estimate of drug-likeness (QED) is 0.680. The van der Waals surface area contributed by atoms with Gasteiger partial charge in [0, 0.05) is 5.69 Å². The monoisotopic (exact) mass is 398 g/mol. The van der Waals surface area contributed by atoms with Crippen LogP contribution in [0.4, 0.5) is 27.6 Å². The summed E-state index contributed by atoms with van der Waals surface area (Å²) in [5, 5.41) is 6.12. The molecule has 0 saturated heterocycles. The molecule has 3 heterocycles. The number of alkyl halides is 5. The smallest absolute Gasteiger partial charge is 0.418 e. The Morgan fingerprint density at radius 3 is 2.71 bits per heavy atom. The SMILES string of the molecule is O=C1Cc2cc(OCc3c(C(F)(F)F)ccc4nc(C(F)F)nn34)ccc2N1. The highest BCUT2D eigenvalue weighted by atomic mass is 19.4. The zero-order valence-corrected chi connectivity index (χ0v) is 13.9. The van der Waals surface area contributed by atoms with Crippen molar-refractivity contribution in [2.24, 2.45) is 0 Å². The maximum Gasteiger partial charge on any atom is 0.418 e. The summed E-state index contributed by atoms with van der Waals surface area (Å²) >= 11 is 0. The molecule has 1 N–H and O–H groups in total. The van der Waals surface area contributed by atoms with Gasteiger partial charge < -0.3 is 10.1 Å². The van der Waals surface area contributed by atoms with E-state index in [9.17, 15) is 26.7 Å². The summed E-state index contributed by atoms with van der Waals surface area (Å²) in [6, 6.07) is 6.32. The largest absolute Gasteiger partial charge is 0.487 e. The van der Waals surface area contributed by atoms with Crippen LogP contribution in [0.5, 0.6) is 5.75 Å². The number of hydrogen-bond donors (Lipinski definition) is 1. The normalized spacial score (nSPS) is 13.9. The van der Waals surface area contributed by atoms with Gasteiger partial charge in [0.25, 0.3) is 6.43 Å². The zero-order chi connectivity index (χ0) is 20.1. The molecule has 1 aromatic carbocycles. The van der Waals surface area contributed by atoms with Crippen molar-refractivity contribution >= 4 is 17.2 Å². The number of fused-ring (bicyclic) bond motifs is 2. The highest BCUT2D eigenvalue weighted by molar-refractivity contribution is 5.99. The number of carbonyl (C=O) groups is 1. The molecule has 6 nitrogen and oxygen atoms in total. The van der Waals surface area contributed by atoms with Gasteiger partial charge in [-0.05, 0) is 35.9 Å². The first-order valence-corrected chi connectivity index (χ1v) is 8.02. The third-order valence-electron chi connectivity index (χ3n) is 4.19. The molecule has 1 amide bonds. The zero-order valence-electron chi connectivity index (χ0n) is 13.9. The number of pyridine rings is 1. The van der Waals surface area contributed by atoms with Crippen molar-refractivity contribution in [3.63, 3.8) is 0 Å². The first-order chi connectivity index (χ1) is 13.2. The van der Waals surface area contributed by atoms with Gasteiger partial charge in [0.2, 0.25) is 11.7 Å². The van der Waals surface area contributed by atoms with Gasteiger partial charge in [0.05, 0.1) is 17.7 Å². The maximum absolute atomic E-state index is 13.4. The van der Waals surface area contributed by atoms with Crippen molar-refractivity contribution in [2.75, 3.05) is 5.32 Å². The number of nitrogens with zero attached hydrogens (tertiary/aromatic N) is 3. The van der Waals surface area contributed by atoms with Crippen LogP contribution < -0.4 is 10.1 Å². The molecule has 0 saturated carbocycles. The lowest BCUT2D eigenvalue weighted by molar-refractivity contribution is -0.139. The van der Waals surface area contributed by atoms with Crippen LogP contribution >= 0.6 is 0 Å². The van der Waals surface area contributed by atoms with Crippen LogP contribution in [0.2, 0.25) is 0 Å². The van der Waals surface area contributed by atoms with Gasteiger partial charge in [0.1, 0.15) is 12.4 Å². The van der Waals surface area contributed by atoms with Crippen molar-refractivity contribution in [2.45, 2.75) is 25.6 Å². The van der Waals surface area contributed by atoms with E-state index in [1.54, 1.807) is 6.07 Å². The number of rotatable bonds is 4. The Bertz CT molecular complexity index is 1080. The molecule has 146 valence electrons. The Kier molecular flexibility index (Phi) is 4.16. The Balaban J connectivity index is 1.70. The number of anilines is 1. The van der Waals surface area contributed by atoms with Crippen LogP contribution in [-0.2, 0) is 24.0 Å². The standard InChI is InChI=1S/C17H11F5N4O2/c18-15(19)16-24-13-4-2-10(17(20,21)22)12(26(13)25-16)7-28-9-1-3-11-8(5-9)6-14(27)23-11/h1-5,15H,6-7H2,(H,23,27). The van der Waals surface area contributed by atoms with E-state index < -0.39 is 36.3 Å². The molecule has 0 aliphatic carbocycles. The summed E-state index contributed by atoms with van der Waals surface area (Å²) in [7, 11) is 0. The van der Waals surface area contributed by atoms with Gasteiger partial charge in [-0.1, -0.05) is 0 Å². The van der Waals surface area contributed by atoms with E-state index in [4.69, 9.17) is 4.74 Å². The number of ether oxygens (including phenoxy) is 1. The van der Waals surface area contributed by atoms with Crippen molar-refractivity contribution in [3.05, 3.63) is 53.0 Å². The molecule has 28 heavy (non-hydrogen) atoms. The van der Waals surface area contributed by atoms with Gasteiger partial charge in [-0.3, -0.25) is 4.79 Å². The molecule has 1 aliphatic heterocycles. The molecule has 0 radical (unpaired) electrons. The summed E-state index contributed by atoms with van der Waals surface area (Å²) in [5.74, 6) is -0.837. The second-order valence-corrected chi connectivity index (χ2v) is 6.06. The molecule has 0 unspecified atom stereocenters. The van der Waals surface area contributed by atoms with E-state index in [-0.39, 0.29) is 23.7 Å². The molecule has 0 atom stereocenters. The van der Waals surface area contributed by atoms with Crippen molar-refractivity contribution in [1.29, 1.82) is 0 Å². The number of benzene rings is 1. The predicted octanol–water partition coefficient (Wildman–Crippen LogP) is 3.76. The van der Waals surface area contributed by atoms with Crippen LogP contribution in [0.25, 0.3) is 5.65 Å². The minimum Gasteiger partial charge on any atom is -0.487 e. The van der Waals surface area contributed by atoms with E-state index in [0.717, 1.165) is 12.1 Å². The fourth-order valence-electron chi connectivity index (χ4n) is 2.95. The fourth-order valence-corrected chi connectivity index (χ4v) is 2.95. The van der Waals surface area contributed by atoms with Crippen LogP contribution in [0, 0.1) is 0 Å². The van der Waals surface area contributed by atoms with Gasteiger partial charge in [-0.2, -0.15) is 13.2 Å². The number of amides is 1. The molecule has 11 heteroatoms. The topological polar surface area (TPSA) is 68.5 Å². The Morgan fingerprint density at radius 1 is 1.21 bits per heavy atom. The van der Waals surface area contributed by atoms with Gasteiger partial charge in [-0.25, -0.2) is 18.3 Å². The average Bonchev–Trinajstić information content (AvgIpc) is 3.20. The van der Waals surface area contributed by atoms with Crippen LogP contribution in [0.1, 0.15) is 29.1 Å². The lowest BCUT2D eigenvalue weighted by Gasteiger charge is -2.15. The number of halogens is 5. The minimum absolute atomic E-state index is 0.136. The summed E-state index contributed by atoms with van der Waals surface area (Å²) in [6.07, 6.45) is -7.63. The number of aromatic nitrogens is 3. The Labute approximate surface area is 153 Å². The molecule has 2 aromatic heterocycles. The first kappa shape index (κ1) is 18.1. The van der Waals surface area contributed by atoms with Gasteiger partial charge in [0.15, 0.2) is 5.65 Å². The van der Waals surface area contributed by atoms with Crippen molar-refractivity contribution in [1.82, 2.24) is 14.6 Å². The second-order valence-electron chi connectivity index (χ2n) is 6.06. The van der Waals surface area contributed by atoms with E-state index in [2.05, 4.69) is 15.4 Å². The minimum atomic E-state index is -4.74. The number of nitrogens with one attached hydrogen (secondary N) is 1. The second kappa shape index (κ2) is 6.43. The Morgan fingerprint density at radius 2 is 2.00 bits per heavy atom.